The molecule has 3 amide bonds. The number of Topliss-reactive ketones (excluding diaryl/α,β-unsaturated/α-hetero) is 1. The monoisotopic (exact) mass is 288 g/mol. The molecule has 1 atom stereocenters. The van der Waals surface area contributed by atoms with Crippen LogP contribution >= 0.6 is 0 Å². The molecule has 1 aromatic rings. The lowest BCUT2D eigenvalue weighted by Crippen LogP contribution is -2.51. The summed E-state index contributed by atoms with van der Waals surface area (Å²) in [5.41, 5.74) is -0.398. The Hall–Kier alpha value is -2.17. The molecule has 1 aliphatic rings. The highest BCUT2D eigenvalue weighted by atomic mass is 16.2. The largest absolute Gasteiger partial charge is 0.325 e. The quantitative estimate of drug-likeness (QED) is 0.667. The summed E-state index contributed by atoms with van der Waals surface area (Å²) in [5, 5.41) is 2.76. The molecule has 0 saturated carbocycles. The molecule has 1 N–H and O–H groups in total. The molecule has 1 fully saturated rings. The number of rotatable bonds is 5. The standard InChI is InChI=1S/C16H20N2O3/c1-4-16(11(2)3)14(20)18(15(21)17-16)10-13(19)12-8-6-5-7-9-12/h5-9,11H,4,10H2,1-3H3,(H,17,21)/t16-/m0/s1. The average molecular weight is 288 g/mol. The van der Waals surface area contributed by atoms with Gasteiger partial charge in [-0.25, -0.2) is 4.79 Å². The lowest BCUT2D eigenvalue weighted by Gasteiger charge is -2.29. The Balaban J connectivity index is 2.20. The molecular formula is C16H20N2O3. The van der Waals surface area contributed by atoms with Crippen molar-refractivity contribution in [2.75, 3.05) is 6.54 Å². The zero-order chi connectivity index (χ0) is 15.6. The first kappa shape index (κ1) is 15.2. The van der Waals surface area contributed by atoms with Crippen LogP contribution in [0.5, 0.6) is 0 Å². The molecule has 0 bridgehead atoms. The molecule has 1 saturated heterocycles. The van der Waals surface area contributed by atoms with Crippen molar-refractivity contribution in [1.29, 1.82) is 0 Å². The zero-order valence-electron chi connectivity index (χ0n) is 12.6. The smallest absolute Gasteiger partial charge is 0.323 e. The molecule has 1 aliphatic heterocycles. The summed E-state index contributed by atoms with van der Waals surface area (Å²) in [7, 11) is 0. The molecule has 0 spiro atoms. The number of imide groups is 1. The van der Waals surface area contributed by atoms with E-state index in [1.165, 1.54) is 0 Å². The maximum absolute atomic E-state index is 12.6. The lowest BCUT2D eigenvalue weighted by atomic mass is 9.84. The Morgan fingerprint density at radius 3 is 2.33 bits per heavy atom. The normalized spacial score (nSPS) is 21.8. The van der Waals surface area contributed by atoms with E-state index in [2.05, 4.69) is 5.32 Å². The van der Waals surface area contributed by atoms with Crippen molar-refractivity contribution in [2.24, 2.45) is 5.92 Å². The molecule has 2 rings (SSSR count). The molecule has 0 radical (unpaired) electrons. The molecule has 0 aromatic heterocycles. The van der Waals surface area contributed by atoms with Crippen LogP contribution in [-0.2, 0) is 4.79 Å². The Kier molecular flexibility index (Phi) is 4.11. The molecule has 1 aromatic carbocycles. The highest BCUT2D eigenvalue weighted by Crippen LogP contribution is 2.29. The van der Waals surface area contributed by atoms with Gasteiger partial charge < -0.3 is 5.32 Å². The fourth-order valence-electron chi connectivity index (χ4n) is 2.69. The van der Waals surface area contributed by atoms with Gasteiger partial charge in [-0.05, 0) is 12.3 Å². The molecule has 5 heteroatoms. The summed E-state index contributed by atoms with van der Waals surface area (Å²) in [4.78, 5) is 37.9. The third-order valence-corrected chi connectivity index (χ3v) is 4.14. The second kappa shape index (κ2) is 5.68. The SMILES string of the molecule is CC[C@@]1(C(C)C)NC(=O)N(CC(=O)c2ccccc2)C1=O. The van der Waals surface area contributed by atoms with E-state index in [1.54, 1.807) is 24.3 Å². The molecule has 5 nitrogen and oxygen atoms in total. The van der Waals surface area contributed by atoms with Crippen LogP contribution in [0.25, 0.3) is 0 Å². The van der Waals surface area contributed by atoms with E-state index >= 15 is 0 Å². The first-order valence-electron chi connectivity index (χ1n) is 7.14. The van der Waals surface area contributed by atoms with Gasteiger partial charge in [-0.3, -0.25) is 14.5 Å². The van der Waals surface area contributed by atoms with Gasteiger partial charge in [0.05, 0.1) is 6.54 Å². The minimum Gasteiger partial charge on any atom is -0.323 e. The molecule has 0 unspecified atom stereocenters. The van der Waals surface area contributed by atoms with Crippen LogP contribution in [0.15, 0.2) is 30.3 Å². The summed E-state index contributed by atoms with van der Waals surface area (Å²) >= 11 is 0. The maximum Gasteiger partial charge on any atom is 0.325 e. The van der Waals surface area contributed by atoms with Crippen molar-refractivity contribution in [3.05, 3.63) is 35.9 Å². The summed E-state index contributed by atoms with van der Waals surface area (Å²) < 4.78 is 0. The summed E-state index contributed by atoms with van der Waals surface area (Å²) in [6.07, 6.45) is 0.505. The van der Waals surface area contributed by atoms with E-state index < -0.39 is 11.6 Å². The highest BCUT2D eigenvalue weighted by molar-refractivity contribution is 6.11. The topological polar surface area (TPSA) is 66.5 Å². The predicted octanol–water partition coefficient (Wildman–Crippen LogP) is 2.23. The molecule has 112 valence electrons. The second-order valence-electron chi connectivity index (χ2n) is 5.59. The average Bonchev–Trinajstić information content (AvgIpc) is 2.73. The Morgan fingerprint density at radius 1 is 1.24 bits per heavy atom. The van der Waals surface area contributed by atoms with Crippen LogP contribution in [-0.4, -0.2) is 34.7 Å². The van der Waals surface area contributed by atoms with Crippen molar-refractivity contribution < 1.29 is 14.4 Å². The Bertz CT molecular complexity index is 568. The maximum atomic E-state index is 12.6. The third kappa shape index (κ3) is 2.55. The third-order valence-electron chi connectivity index (χ3n) is 4.14. The van der Waals surface area contributed by atoms with E-state index in [9.17, 15) is 14.4 Å². The van der Waals surface area contributed by atoms with Gasteiger partial charge in [0.1, 0.15) is 5.54 Å². The van der Waals surface area contributed by atoms with Gasteiger partial charge in [-0.1, -0.05) is 51.1 Å². The van der Waals surface area contributed by atoms with Crippen LogP contribution < -0.4 is 5.32 Å². The number of nitrogens with zero attached hydrogens (tertiary/aromatic N) is 1. The second-order valence-corrected chi connectivity index (χ2v) is 5.59. The van der Waals surface area contributed by atoms with Crippen LogP contribution in [0, 0.1) is 5.92 Å². The predicted molar refractivity (Wildman–Crippen MR) is 78.9 cm³/mol. The number of nitrogens with one attached hydrogen (secondary N) is 1. The van der Waals surface area contributed by atoms with Crippen LogP contribution in [0.3, 0.4) is 0 Å². The number of carbonyl (C=O) groups is 3. The number of carbonyl (C=O) groups excluding carboxylic acids is 3. The first-order valence-corrected chi connectivity index (χ1v) is 7.14. The van der Waals surface area contributed by atoms with E-state index in [0.29, 0.717) is 12.0 Å². The molecule has 1 heterocycles. The van der Waals surface area contributed by atoms with Crippen molar-refractivity contribution in [3.8, 4) is 0 Å². The Morgan fingerprint density at radius 2 is 1.86 bits per heavy atom. The van der Waals surface area contributed by atoms with Crippen LogP contribution in [0.1, 0.15) is 37.6 Å². The van der Waals surface area contributed by atoms with E-state index in [-0.39, 0.29) is 24.2 Å². The van der Waals surface area contributed by atoms with Crippen molar-refractivity contribution in [3.63, 3.8) is 0 Å². The van der Waals surface area contributed by atoms with Gasteiger partial charge in [0.15, 0.2) is 5.78 Å². The Labute approximate surface area is 124 Å². The molecule has 0 aliphatic carbocycles. The lowest BCUT2D eigenvalue weighted by molar-refractivity contribution is -0.132. The van der Waals surface area contributed by atoms with Gasteiger partial charge >= 0.3 is 6.03 Å². The summed E-state index contributed by atoms with van der Waals surface area (Å²) in [6, 6.07) is 8.19. The van der Waals surface area contributed by atoms with Gasteiger partial charge in [-0.15, -0.1) is 0 Å². The van der Waals surface area contributed by atoms with E-state index in [4.69, 9.17) is 0 Å². The highest BCUT2D eigenvalue weighted by Gasteiger charge is 2.52. The number of ketones is 1. The number of hydrogen-bond donors (Lipinski definition) is 1. The number of hydrogen-bond acceptors (Lipinski definition) is 3. The van der Waals surface area contributed by atoms with E-state index in [0.717, 1.165) is 4.90 Å². The van der Waals surface area contributed by atoms with Gasteiger partial charge in [0.2, 0.25) is 0 Å². The number of amides is 3. The van der Waals surface area contributed by atoms with Gasteiger partial charge in [0.25, 0.3) is 5.91 Å². The van der Waals surface area contributed by atoms with Crippen molar-refractivity contribution >= 4 is 17.7 Å². The molecular weight excluding hydrogens is 268 g/mol. The van der Waals surface area contributed by atoms with E-state index in [1.807, 2.05) is 26.8 Å². The molecule has 21 heavy (non-hydrogen) atoms. The fourth-order valence-corrected chi connectivity index (χ4v) is 2.69. The number of benzene rings is 1. The van der Waals surface area contributed by atoms with Crippen LogP contribution in [0.2, 0.25) is 0 Å². The fraction of sp³-hybridized carbons (Fsp3) is 0.438. The number of urea groups is 1. The van der Waals surface area contributed by atoms with Gasteiger partial charge in [0, 0.05) is 5.56 Å². The van der Waals surface area contributed by atoms with Crippen LogP contribution in [0.4, 0.5) is 4.79 Å². The first-order chi connectivity index (χ1) is 9.92. The minimum absolute atomic E-state index is 0.0317. The van der Waals surface area contributed by atoms with Crippen molar-refractivity contribution in [1.82, 2.24) is 10.2 Å². The van der Waals surface area contributed by atoms with Crippen molar-refractivity contribution in [2.45, 2.75) is 32.7 Å². The summed E-state index contributed by atoms with van der Waals surface area (Å²) in [5.74, 6) is -0.584. The van der Waals surface area contributed by atoms with Gasteiger partial charge in [-0.2, -0.15) is 0 Å². The summed E-state index contributed by atoms with van der Waals surface area (Å²) in [6.45, 7) is 5.43. The zero-order valence-corrected chi connectivity index (χ0v) is 12.6. The minimum atomic E-state index is -0.895.